The van der Waals surface area contributed by atoms with Gasteiger partial charge in [0.15, 0.2) is 0 Å². The molecule has 2 amide bonds. The van der Waals surface area contributed by atoms with Crippen molar-refractivity contribution in [2.45, 2.75) is 18.9 Å². The molecule has 0 saturated carbocycles. The highest BCUT2D eigenvalue weighted by Gasteiger charge is 2.35. The number of halogens is 1. The van der Waals surface area contributed by atoms with Crippen molar-refractivity contribution in [3.05, 3.63) is 28.8 Å². The zero-order chi connectivity index (χ0) is 14.2. The fourth-order valence-corrected chi connectivity index (χ4v) is 2.19. The van der Waals surface area contributed by atoms with E-state index in [9.17, 15) is 14.0 Å². The number of fused-ring (bicyclic) bond motifs is 1. The second-order valence-electron chi connectivity index (χ2n) is 4.48. The summed E-state index contributed by atoms with van der Waals surface area (Å²) in [5.41, 5.74) is 6.30. The number of nitrogens with one attached hydrogen (secondary N) is 1. The highest BCUT2D eigenvalue weighted by atomic mass is 19.1. The minimum absolute atomic E-state index is 0.205. The van der Waals surface area contributed by atoms with Crippen LogP contribution in [0.1, 0.15) is 39.1 Å². The molecule has 0 unspecified atom stereocenters. The van der Waals surface area contributed by atoms with Gasteiger partial charge in [-0.25, -0.2) is 4.39 Å². The Morgan fingerprint density at radius 1 is 1.47 bits per heavy atom. The molecule has 5 nitrogen and oxygen atoms in total. The van der Waals surface area contributed by atoms with Gasteiger partial charge in [-0.15, -0.1) is 0 Å². The molecular weight excluding hydrogens is 251 g/mol. The van der Waals surface area contributed by atoms with Gasteiger partial charge in [0.05, 0.1) is 5.56 Å². The predicted molar refractivity (Wildman–Crippen MR) is 67.2 cm³/mol. The van der Waals surface area contributed by atoms with Crippen molar-refractivity contribution in [1.82, 2.24) is 5.32 Å². The summed E-state index contributed by atoms with van der Waals surface area (Å²) in [6.45, 7) is 1.13. The molecule has 0 spiro atoms. The van der Waals surface area contributed by atoms with Gasteiger partial charge in [-0.1, -0.05) is 6.92 Å². The third kappa shape index (κ3) is 2.14. The van der Waals surface area contributed by atoms with E-state index in [1.165, 1.54) is 13.1 Å². The first-order valence-electron chi connectivity index (χ1n) is 5.92. The Morgan fingerprint density at radius 2 is 2.16 bits per heavy atom. The number of hydrogen-bond donors (Lipinski definition) is 2. The number of amides is 2. The molecular formula is C13H15FN2O3. The predicted octanol–water partition coefficient (Wildman–Crippen LogP) is 0.979. The zero-order valence-corrected chi connectivity index (χ0v) is 10.7. The summed E-state index contributed by atoms with van der Waals surface area (Å²) in [5.74, 6) is -0.933. The van der Waals surface area contributed by atoms with E-state index in [1.807, 2.05) is 0 Å². The highest BCUT2D eigenvalue weighted by molar-refractivity contribution is 6.01. The van der Waals surface area contributed by atoms with Gasteiger partial charge in [0, 0.05) is 24.1 Å². The molecule has 102 valence electrons. The van der Waals surface area contributed by atoms with Gasteiger partial charge in [0.1, 0.15) is 18.5 Å². The molecule has 1 aromatic carbocycles. The van der Waals surface area contributed by atoms with E-state index in [0.717, 1.165) is 0 Å². The molecule has 0 aromatic heterocycles. The van der Waals surface area contributed by atoms with E-state index in [4.69, 9.17) is 10.5 Å². The lowest BCUT2D eigenvalue weighted by Crippen LogP contribution is -2.21. The van der Waals surface area contributed by atoms with Crippen molar-refractivity contribution in [2.75, 3.05) is 13.7 Å². The smallest absolute Gasteiger partial charge is 0.254 e. The third-order valence-corrected chi connectivity index (χ3v) is 3.34. The SMILES string of the molecule is CNC(=O)c1cc(C(N)=O)cc2c1O[C@H](CF)[C@H]2C. The number of hydrogen-bond acceptors (Lipinski definition) is 3. The molecule has 19 heavy (non-hydrogen) atoms. The van der Waals surface area contributed by atoms with Crippen LogP contribution >= 0.6 is 0 Å². The third-order valence-electron chi connectivity index (χ3n) is 3.34. The Bertz CT molecular complexity index is 545. The Balaban J connectivity index is 2.60. The van der Waals surface area contributed by atoms with Crippen LogP contribution in [0.5, 0.6) is 5.75 Å². The van der Waals surface area contributed by atoms with Crippen molar-refractivity contribution < 1.29 is 18.7 Å². The van der Waals surface area contributed by atoms with Crippen molar-refractivity contribution in [1.29, 1.82) is 0 Å². The summed E-state index contributed by atoms with van der Waals surface area (Å²) < 4.78 is 18.3. The number of nitrogens with two attached hydrogens (primary N) is 1. The molecule has 2 rings (SSSR count). The molecule has 1 aromatic rings. The fraction of sp³-hybridized carbons (Fsp3) is 0.385. The van der Waals surface area contributed by atoms with Gasteiger partial charge in [0.25, 0.3) is 5.91 Å². The summed E-state index contributed by atoms with van der Waals surface area (Å²) in [5, 5.41) is 2.46. The number of carbonyl (C=O) groups is 2. The van der Waals surface area contributed by atoms with Gasteiger partial charge >= 0.3 is 0 Å². The average molecular weight is 266 g/mol. The van der Waals surface area contributed by atoms with Crippen LogP contribution in [-0.4, -0.2) is 31.6 Å². The Hall–Kier alpha value is -2.11. The molecule has 1 aliphatic heterocycles. The van der Waals surface area contributed by atoms with Gasteiger partial charge < -0.3 is 15.8 Å². The number of benzene rings is 1. The Labute approximate surface area is 109 Å². The number of rotatable bonds is 3. The normalized spacial score (nSPS) is 20.6. The van der Waals surface area contributed by atoms with Gasteiger partial charge in [-0.05, 0) is 12.1 Å². The first-order chi connectivity index (χ1) is 8.99. The van der Waals surface area contributed by atoms with Gasteiger partial charge in [-0.2, -0.15) is 0 Å². The fourth-order valence-electron chi connectivity index (χ4n) is 2.19. The van der Waals surface area contributed by atoms with Crippen molar-refractivity contribution in [2.24, 2.45) is 5.73 Å². The molecule has 1 aliphatic rings. The molecule has 0 fully saturated rings. The van der Waals surface area contributed by atoms with E-state index < -0.39 is 24.6 Å². The summed E-state index contributed by atoms with van der Waals surface area (Å²) >= 11 is 0. The summed E-state index contributed by atoms with van der Waals surface area (Å²) in [7, 11) is 1.47. The van der Waals surface area contributed by atoms with Crippen molar-refractivity contribution in [3.8, 4) is 5.75 Å². The van der Waals surface area contributed by atoms with Crippen LogP contribution in [0.2, 0.25) is 0 Å². The van der Waals surface area contributed by atoms with Crippen LogP contribution in [0, 0.1) is 0 Å². The van der Waals surface area contributed by atoms with Crippen LogP contribution < -0.4 is 15.8 Å². The second-order valence-corrected chi connectivity index (χ2v) is 4.48. The Kier molecular flexibility index (Phi) is 3.42. The first-order valence-corrected chi connectivity index (χ1v) is 5.92. The number of ether oxygens (including phenoxy) is 1. The molecule has 6 heteroatoms. The second kappa shape index (κ2) is 4.87. The van der Waals surface area contributed by atoms with Crippen LogP contribution in [-0.2, 0) is 0 Å². The van der Waals surface area contributed by atoms with Crippen LogP contribution in [0.3, 0.4) is 0 Å². The summed E-state index contributed by atoms with van der Waals surface area (Å²) in [6, 6.07) is 2.93. The minimum atomic E-state index is -0.658. The number of carbonyl (C=O) groups excluding carboxylic acids is 2. The average Bonchev–Trinajstić information content (AvgIpc) is 2.73. The number of alkyl halides is 1. The highest BCUT2D eigenvalue weighted by Crippen LogP contribution is 2.41. The lowest BCUT2D eigenvalue weighted by Gasteiger charge is -2.10. The van der Waals surface area contributed by atoms with Crippen molar-refractivity contribution >= 4 is 11.8 Å². The lowest BCUT2D eigenvalue weighted by molar-refractivity contribution is 0.0955. The number of primary amides is 1. The van der Waals surface area contributed by atoms with E-state index >= 15 is 0 Å². The largest absolute Gasteiger partial charge is 0.486 e. The standard InChI is InChI=1S/C13H15FN2O3/c1-6-8-3-7(12(15)17)4-9(13(18)16-2)11(8)19-10(6)5-14/h3-4,6,10H,5H2,1-2H3,(H2,15,17)(H,16,18)/t6-,10+/m0/s1. The monoisotopic (exact) mass is 266 g/mol. The van der Waals surface area contributed by atoms with Gasteiger partial charge in [-0.3, -0.25) is 9.59 Å². The molecule has 0 aliphatic carbocycles. The first kappa shape index (κ1) is 13.3. The molecule has 0 saturated heterocycles. The van der Waals surface area contributed by atoms with E-state index in [2.05, 4.69) is 5.32 Å². The summed E-state index contributed by atoms with van der Waals surface area (Å²) in [4.78, 5) is 23.1. The topological polar surface area (TPSA) is 81.4 Å². The zero-order valence-electron chi connectivity index (χ0n) is 10.7. The summed E-state index contributed by atoms with van der Waals surface area (Å²) in [6.07, 6.45) is -0.637. The lowest BCUT2D eigenvalue weighted by atomic mass is 9.94. The van der Waals surface area contributed by atoms with Crippen LogP contribution in [0.25, 0.3) is 0 Å². The van der Waals surface area contributed by atoms with E-state index in [-0.39, 0.29) is 17.0 Å². The molecule has 1 heterocycles. The maximum atomic E-state index is 12.9. The Morgan fingerprint density at radius 3 is 2.68 bits per heavy atom. The van der Waals surface area contributed by atoms with Gasteiger partial charge in [0.2, 0.25) is 5.91 Å². The quantitative estimate of drug-likeness (QED) is 0.855. The van der Waals surface area contributed by atoms with Crippen LogP contribution in [0.15, 0.2) is 12.1 Å². The molecule has 0 radical (unpaired) electrons. The molecule has 3 N–H and O–H groups in total. The van der Waals surface area contributed by atoms with Crippen LogP contribution in [0.4, 0.5) is 4.39 Å². The van der Waals surface area contributed by atoms with E-state index in [0.29, 0.717) is 11.3 Å². The maximum absolute atomic E-state index is 12.9. The van der Waals surface area contributed by atoms with Crippen molar-refractivity contribution in [3.63, 3.8) is 0 Å². The maximum Gasteiger partial charge on any atom is 0.254 e. The van der Waals surface area contributed by atoms with E-state index in [1.54, 1.807) is 13.0 Å². The minimum Gasteiger partial charge on any atom is -0.486 e. The molecule has 0 bridgehead atoms. The molecule has 2 atom stereocenters.